The summed E-state index contributed by atoms with van der Waals surface area (Å²) in [6.07, 6.45) is 1.02. The minimum absolute atomic E-state index is 0.171. The number of amides is 1. The molecule has 1 amide bonds. The molecule has 1 fully saturated rings. The van der Waals surface area contributed by atoms with Crippen LogP contribution in [0.3, 0.4) is 0 Å². The van der Waals surface area contributed by atoms with Gasteiger partial charge in [-0.2, -0.15) is 5.26 Å². The summed E-state index contributed by atoms with van der Waals surface area (Å²) in [5.41, 5.74) is 2.99. The molecule has 0 aromatic heterocycles. The van der Waals surface area contributed by atoms with Crippen molar-refractivity contribution in [2.24, 2.45) is 0 Å². The highest BCUT2D eigenvalue weighted by molar-refractivity contribution is 5.78. The summed E-state index contributed by atoms with van der Waals surface area (Å²) in [6, 6.07) is 20.3. The van der Waals surface area contributed by atoms with E-state index in [0.29, 0.717) is 18.7 Å². The first-order valence-electron chi connectivity index (χ1n) is 10.4. The van der Waals surface area contributed by atoms with Crippen molar-refractivity contribution < 1.29 is 4.79 Å². The molecule has 29 heavy (non-hydrogen) atoms. The van der Waals surface area contributed by atoms with E-state index in [1.807, 2.05) is 47.4 Å². The predicted molar refractivity (Wildman–Crippen MR) is 117 cm³/mol. The molecule has 0 radical (unpaired) electrons. The minimum atomic E-state index is 0.171. The first-order chi connectivity index (χ1) is 14.1. The molecular weight excluding hydrogens is 360 g/mol. The normalized spacial score (nSPS) is 15.0. The van der Waals surface area contributed by atoms with Gasteiger partial charge in [-0.05, 0) is 50.1 Å². The second-order valence-electron chi connectivity index (χ2n) is 7.88. The van der Waals surface area contributed by atoms with Gasteiger partial charge in [-0.25, -0.2) is 0 Å². The standard InChI is InChI=1S/C24H30N4O/c1-20(2)28(18-22-7-4-3-5-8-22)24(29)19-26-13-6-14-27(16-15-26)23-11-9-21(17-25)10-12-23/h3-5,7-12,20H,6,13-16,18-19H2,1-2H3. The zero-order valence-electron chi connectivity index (χ0n) is 17.4. The van der Waals surface area contributed by atoms with E-state index in [4.69, 9.17) is 5.26 Å². The van der Waals surface area contributed by atoms with E-state index in [1.165, 1.54) is 0 Å². The van der Waals surface area contributed by atoms with E-state index in [1.54, 1.807) is 0 Å². The average Bonchev–Trinajstić information content (AvgIpc) is 2.98. The topological polar surface area (TPSA) is 50.6 Å². The Morgan fingerprint density at radius 2 is 1.76 bits per heavy atom. The molecule has 0 spiro atoms. The van der Waals surface area contributed by atoms with Crippen LogP contribution in [-0.2, 0) is 11.3 Å². The molecular formula is C24H30N4O. The van der Waals surface area contributed by atoms with Gasteiger partial charge in [-0.15, -0.1) is 0 Å². The lowest BCUT2D eigenvalue weighted by atomic mass is 10.2. The highest BCUT2D eigenvalue weighted by Crippen LogP contribution is 2.18. The Balaban J connectivity index is 1.57. The van der Waals surface area contributed by atoms with Crippen molar-refractivity contribution in [3.63, 3.8) is 0 Å². The van der Waals surface area contributed by atoms with Crippen molar-refractivity contribution in [2.75, 3.05) is 37.6 Å². The number of benzene rings is 2. The van der Waals surface area contributed by atoms with Gasteiger partial charge in [-0.1, -0.05) is 30.3 Å². The van der Waals surface area contributed by atoms with Gasteiger partial charge in [-0.3, -0.25) is 9.69 Å². The van der Waals surface area contributed by atoms with Crippen molar-refractivity contribution in [1.82, 2.24) is 9.80 Å². The maximum absolute atomic E-state index is 13.0. The van der Waals surface area contributed by atoms with E-state index < -0.39 is 0 Å². The summed E-state index contributed by atoms with van der Waals surface area (Å²) in [6.45, 7) is 8.92. The summed E-state index contributed by atoms with van der Waals surface area (Å²) in [7, 11) is 0. The molecule has 0 N–H and O–H groups in total. The molecule has 2 aromatic rings. The Kier molecular flexibility index (Phi) is 7.26. The number of hydrogen-bond acceptors (Lipinski definition) is 4. The Morgan fingerprint density at radius 1 is 1.03 bits per heavy atom. The van der Waals surface area contributed by atoms with Crippen LogP contribution in [0.5, 0.6) is 0 Å². The summed E-state index contributed by atoms with van der Waals surface area (Å²) in [4.78, 5) is 19.6. The third-order valence-corrected chi connectivity index (χ3v) is 5.45. The van der Waals surface area contributed by atoms with E-state index in [0.717, 1.165) is 43.9 Å². The summed E-state index contributed by atoms with van der Waals surface area (Å²) < 4.78 is 0. The molecule has 0 bridgehead atoms. The van der Waals surface area contributed by atoms with Gasteiger partial charge >= 0.3 is 0 Å². The van der Waals surface area contributed by atoms with Crippen molar-refractivity contribution in [2.45, 2.75) is 32.9 Å². The molecule has 3 rings (SSSR count). The van der Waals surface area contributed by atoms with Gasteiger partial charge in [0.15, 0.2) is 0 Å². The largest absolute Gasteiger partial charge is 0.370 e. The first kappa shape index (κ1) is 20.9. The highest BCUT2D eigenvalue weighted by Gasteiger charge is 2.22. The molecule has 0 aliphatic carbocycles. The maximum Gasteiger partial charge on any atom is 0.237 e. The molecule has 5 nitrogen and oxygen atoms in total. The predicted octanol–water partition coefficient (Wildman–Crippen LogP) is 3.51. The van der Waals surface area contributed by atoms with Crippen LogP contribution in [0.2, 0.25) is 0 Å². The van der Waals surface area contributed by atoms with Crippen molar-refractivity contribution in [1.29, 1.82) is 5.26 Å². The fourth-order valence-electron chi connectivity index (χ4n) is 3.75. The number of carbonyl (C=O) groups is 1. The molecule has 1 aliphatic heterocycles. The van der Waals surface area contributed by atoms with E-state index in [9.17, 15) is 4.79 Å². The molecule has 1 saturated heterocycles. The number of carbonyl (C=O) groups excluding carboxylic acids is 1. The zero-order chi connectivity index (χ0) is 20.6. The molecule has 5 heteroatoms. The van der Waals surface area contributed by atoms with Gasteiger partial charge in [0.25, 0.3) is 0 Å². The number of hydrogen-bond donors (Lipinski definition) is 0. The first-order valence-corrected chi connectivity index (χ1v) is 10.4. The third-order valence-electron chi connectivity index (χ3n) is 5.45. The summed E-state index contributed by atoms with van der Waals surface area (Å²) >= 11 is 0. The highest BCUT2D eigenvalue weighted by atomic mass is 16.2. The van der Waals surface area contributed by atoms with Gasteiger partial charge in [0.1, 0.15) is 0 Å². The number of anilines is 1. The van der Waals surface area contributed by atoms with Crippen LogP contribution in [-0.4, -0.2) is 54.5 Å². The fourth-order valence-corrected chi connectivity index (χ4v) is 3.75. The van der Waals surface area contributed by atoms with Crippen LogP contribution in [0, 0.1) is 11.3 Å². The molecule has 1 aliphatic rings. The average molecular weight is 391 g/mol. The smallest absolute Gasteiger partial charge is 0.237 e. The molecule has 0 atom stereocenters. The Morgan fingerprint density at radius 3 is 2.41 bits per heavy atom. The molecule has 1 heterocycles. The lowest BCUT2D eigenvalue weighted by Crippen LogP contribution is -2.44. The minimum Gasteiger partial charge on any atom is -0.370 e. The van der Waals surface area contributed by atoms with E-state index >= 15 is 0 Å². The van der Waals surface area contributed by atoms with Crippen molar-refractivity contribution in [3.8, 4) is 6.07 Å². The van der Waals surface area contributed by atoms with Gasteiger partial charge in [0.05, 0.1) is 18.2 Å². The Bertz CT molecular complexity index is 826. The fraction of sp³-hybridized carbons (Fsp3) is 0.417. The van der Waals surface area contributed by atoms with Crippen LogP contribution in [0.4, 0.5) is 5.69 Å². The van der Waals surface area contributed by atoms with Crippen LogP contribution < -0.4 is 4.90 Å². The van der Waals surface area contributed by atoms with Gasteiger partial charge in [0.2, 0.25) is 5.91 Å². The molecule has 0 unspecified atom stereocenters. The van der Waals surface area contributed by atoms with Crippen LogP contribution in [0.25, 0.3) is 0 Å². The lowest BCUT2D eigenvalue weighted by molar-refractivity contribution is -0.134. The summed E-state index contributed by atoms with van der Waals surface area (Å²) in [5, 5.41) is 8.97. The SMILES string of the molecule is CC(C)N(Cc1ccccc1)C(=O)CN1CCCN(c2ccc(C#N)cc2)CC1. The third kappa shape index (κ3) is 5.82. The van der Waals surface area contributed by atoms with E-state index in [-0.39, 0.29) is 11.9 Å². The van der Waals surface area contributed by atoms with Gasteiger partial charge in [0, 0.05) is 44.5 Å². The Hall–Kier alpha value is -2.84. The number of rotatable bonds is 6. The van der Waals surface area contributed by atoms with Crippen LogP contribution in [0.1, 0.15) is 31.4 Å². The maximum atomic E-state index is 13.0. The van der Waals surface area contributed by atoms with Crippen molar-refractivity contribution >= 4 is 11.6 Å². The quantitative estimate of drug-likeness (QED) is 0.757. The monoisotopic (exact) mass is 390 g/mol. The van der Waals surface area contributed by atoms with Crippen molar-refractivity contribution in [3.05, 3.63) is 65.7 Å². The second kappa shape index (κ2) is 10.1. The van der Waals surface area contributed by atoms with Gasteiger partial charge < -0.3 is 9.80 Å². The van der Waals surface area contributed by atoms with E-state index in [2.05, 4.69) is 41.8 Å². The molecule has 2 aromatic carbocycles. The Labute approximate surface area is 174 Å². The lowest BCUT2D eigenvalue weighted by Gasteiger charge is -2.30. The zero-order valence-corrected chi connectivity index (χ0v) is 17.4. The number of nitrogens with zero attached hydrogens (tertiary/aromatic N) is 4. The molecule has 0 saturated carbocycles. The molecule has 152 valence electrons. The van der Waals surface area contributed by atoms with Crippen LogP contribution >= 0.6 is 0 Å². The number of nitriles is 1. The summed E-state index contributed by atoms with van der Waals surface area (Å²) in [5.74, 6) is 0.190. The second-order valence-corrected chi connectivity index (χ2v) is 7.88. The van der Waals surface area contributed by atoms with Crippen LogP contribution in [0.15, 0.2) is 54.6 Å².